The second-order valence-corrected chi connectivity index (χ2v) is 34.1. The van der Waals surface area contributed by atoms with Gasteiger partial charge in [0, 0.05) is 0 Å². The fraction of sp³-hybridized carbons (Fsp3) is 1.00. The topological polar surface area (TPSA) is 0 Å². The third-order valence-electron chi connectivity index (χ3n) is 0.947. The molecule has 0 bridgehead atoms. The van der Waals surface area contributed by atoms with Gasteiger partial charge in [0.05, 0.1) is 0 Å². The van der Waals surface area contributed by atoms with Gasteiger partial charge in [-0.05, 0) is 0 Å². The van der Waals surface area contributed by atoms with E-state index in [-0.39, 0.29) is 0 Å². The van der Waals surface area contributed by atoms with Crippen LogP contribution in [0.3, 0.4) is 0 Å². The second-order valence-electron chi connectivity index (χ2n) is 2.59. The Balaban J connectivity index is 3.79. The number of alkyl halides is 2. The molecule has 0 saturated heterocycles. The zero-order chi connectivity index (χ0) is 9.07. The molecule has 70 valence electrons. The van der Waals surface area contributed by atoms with E-state index in [0.29, 0.717) is 9.65 Å². The van der Waals surface area contributed by atoms with Crippen LogP contribution in [-0.2, 0) is 0 Å². The summed E-state index contributed by atoms with van der Waals surface area (Å²) in [5.74, 6) is 0. The van der Waals surface area contributed by atoms with E-state index >= 15 is 0 Å². The molecule has 2 unspecified atom stereocenters. The van der Waals surface area contributed by atoms with Gasteiger partial charge in [0.25, 0.3) is 0 Å². The van der Waals surface area contributed by atoms with Crippen LogP contribution >= 0.6 is 57.4 Å². The van der Waals surface area contributed by atoms with Gasteiger partial charge in [0.1, 0.15) is 0 Å². The molecule has 0 spiro atoms. The number of halogens is 4. The van der Waals surface area contributed by atoms with Crippen molar-refractivity contribution in [1.82, 2.24) is 0 Å². The molecule has 0 aromatic rings. The van der Waals surface area contributed by atoms with Gasteiger partial charge in [-0.25, -0.2) is 0 Å². The normalized spacial score (nSPS) is 19.5. The van der Waals surface area contributed by atoms with Crippen LogP contribution in [0.15, 0.2) is 0 Å². The Bertz CT molecular complexity index is 101. The quantitative estimate of drug-likeness (QED) is 0.362. The van der Waals surface area contributed by atoms with Gasteiger partial charge in [-0.1, -0.05) is 0 Å². The number of hydrogen-bond donors (Lipinski definition) is 0. The molecule has 0 fully saturated rings. The molecular weight excluding hydrogens is 519 g/mol. The summed E-state index contributed by atoms with van der Waals surface area (Å²) in [6, 6.07) is 0. The molecule has 0 nitrogen and oxygen atoms in total. The zero-order valence-corrected chi connectivity index (χ0v) is 15.2. The summed E-state index contributed by atoms with van der Waals surface area (Å²) < 4.78 is 2.52. The predicted octanol–water partition coefficient (Wildman–Crippen LogP) is 4.79. The summed E-state index contributed by atoms with van der Waals surface area (Å²) in [7, 11) is 0. The monoisotopic (exact) mass is 530 g/mol. The molecule has 2 atom stereocenters. The third kappa shape index (κ3) is 9.02. The first-order valence-corrected chi connectivity index (χ1v) is 18.9. The maximum atomic E-state index is 3.83. The van der Waals surface area contributed by atoms with Crippen LogP contribution in [0.4, 0.5) is 0 Å². The van der Waals surface area contributed by atoms with Gasteiger partial charge in [-0.2, -0.15) is 0 Å². The fourth-order valence-electron chi connectivity index (χ4n) is 0.740. The van der Waals surface area contributed by atoms with Crippen LogP contribution in [0.1, 0.15) is 13.8 Å². The van der Waals surface area contributed by atoms with E-state index < -0.39 is 13.8 Å². The predicted molar refractivity (Wildman–Crippen MR) is 70.0 cm³/mol. The molecule has 0 N–H and O–H groups in total. The summed E-state index contributed by atoms with van der Waals surface area (Å²) in [5, 5.41) is 0. The van der Waals surface area contributed by atoms with E-state index in [1.807, 2.05) is 0 Å². The van der Waals surface area contributed by atoms with Gasteiger partial charge in [0.2, 0.25) is 0 Å². The van der Waals surface area contributed by atoms with Crippen LogP contribution in [0, 0.1) is 0 Å². The van der Waals surface area contributed by atoms with Gasteiger partial charge in [-0.15, -0.1) is 0 Å². The van der Waals surface area contributed by atoms with Crippen LogP contribution in [0.25, 0.3) is 0 Å². The van der Waals surface area contributed by atoms with Crippen molar-refractivity contribution in [2.24, 2.45) is 0 Å². The first-order valence-electron chi connectivity index (χ1n) is 3.29. The maximum absolute atomic E-state index is 3.83. The summed E-state index contributed by atoms with van der Waals surface area (Å²) in [5.41, 5.74) is 0. The first kappa shape index (κ1) is 13.7. The Morgan fingerprint density at radius 2 is 1.27 bits per heavy atom. The standard InChI is InChI=1S/C6H12Br4Te/c1-5(7)3-11(9,10)4-6(2)8/h5-6H,3-4H2,1-2H3. The SMILES string of the molecule is CC(Br)C[Te](Br)(Br)CC(C)Br. The van der Waals surface area contributed by atoms with Crippen molar-refractivity contribution in [2.75, 3.05) is 0 Å². The molecule has 0 radical (unpaired) electrons. The van der Waals surface area contributed by atoms with Crippen LogP contribution in [0.5, 0.6) is 0 Å². The van der Waals surface area contributed by atoms with Crippen LogP contribution in [-0.4, -0.2) is 23.4 Å². The van der Waals surface area contributed by atoms with E-state index in [4.69, 9.17) is 0 Å². The van der Waals surface area contributed by atoms with Gasteiger partial charge in [0.15, 0.2) is 0 Å². The minimum atomic E-state index is -1.80. The molecular formula is C6H12Br4Te. The van der Waals surface area contributed by atoms with E-state index in [9.17, 15) is 0 Å². The van der Waals surface area contributed by atoms with Gasteiger partial charge < -0.3 is 0 Å². The van der Waals surface area contributed by atoms with Crippen molar-refractivity contribution < 1.29 is 0 Å². The zero-order valence-electron chi connectivity index (χ0n) is 6.49. The molecule has 0 amide bonds. The number of hydrogen-bond acceptors (Lipinski definition) is 0. The van der Waals surface area contributed by atoms with Crippen molar-refractivity contribution >= 4 is 71.1 Å². The Morgan fingerprint density at radius 3 is 1.45 bits per heavy atom. The second kappa shape index (κ2) is 6.24. The third-order valence-corrected chi connectivity index (χ3v) is 17.0. The molecule has 0 aliphatic carbocycles. The van der Waals surface area contributed by atoms with Crippen molar-refractivity contribution in [3.63, 3.8) is 0 Å². The molecule has 0 rings (SSSR count). The van der Waals surface area contributed by atoms with Gasteiger partial charge in [-0.3, -0.25) is 0 Å². The Morgan fingerprint density at radius 1 is 1.00 bits per heavy atom. The minimum absolute atomic E-state index is 0.619. The number of rotatable bonds is 4. The average molecular weight is 531 g/mol. The molecule has 0 aliphatic heterocycles. The summed E-state index contributed by atoms with van der Waals surface area (Å²) >= 11 is 13.0. The first-order chi connectivity index (χ1) is 4.83. The summed E-state index contributed by atoms with van der Waals surface area (Å²) in [6.07, 6.45) is 0. The van der Waals surface area contributed by atoms with Crippen molar-refractivity contribution in [3.05, 3.63) is 0 Å². The Kier molecular flexibility index (Phi) is 7.78. The van der Waals surface area contributed by atoms with Crippen LogP contribution < -0.4 is 0 Å². The average Bonchev–Trinajstić information content (AvgIpc) is 1.53. The molecule has 0 saturated carbocycles. The van der Waals surface area contributed by atoms with E-state index in [2.05, 4.69) is 71.2 Å². The van der Waals surface area contributed by atoms with Crippen molar-refractivity contribution in [3.8, 4) is 0 Å². The molecule has 0 aliphatic rings. The molecule has 5 heteroatoms. The van der Waals surface area contributed by atoms with E-state index in [0.717, 1.165) is 0 Å². The Labute approximate surface area is 102 Å². The fourth-order valence-corrected chi connectivity index (χ4v) is 31.2. The van der Waals surface area contributed by atoms with E-state index in [1.54, 1.807) is 0 Å². The van der Waals surface area contributed by atoms with Gasteiger partial charge >= 0.3 is 104 Å². The Hall–Kier alpha value is 2.71. The summed E-state index contributed by atoms with van der Waals surface area (Å²) in [4.78, 5) is 1.24. The molecule has 0 aromatic heterocycles. The van der Waals surface area contributed by atoms with Crippen molar-refractivity contribution in [1.29, 1.82) is 0 Å². The summed E-state index contributed by atoms with van der Waals surface area (Å²) in [6.45, 7) is 4.39. The van der Waals surface area contributed by atoms with Crippen LogP contribution in [0.2, 0.25) is 8.94 Å². The molecule has 11 heavy (non-hydrogen) atoms. The van der Waals surface area contributed by atoms with E-state index in [1.165, 1.54) is 8.94 Å². The van der Waals surface area contributed by atoms with Crippen molar-refractivity contribution in [2.45, 2.75) is 32.4 Å². The molecule has 0 heterocycles. The molecule has 0 aromatic carbocycles.